The van der Waals surface area contributed by atoms with Crippen LogP contribution in [-0.4, -0.2) is 37.6 Å². The van der Waals surface area contributed by atoms with Crippen molar-refractivity contribution in [3.05, 3.63) is 45.8 Å². The lowest BCUT2D eigenvalue weighted by Crippen LogP contribution is -2.22. The van der Waals surface area contributed by atoms with Crippen LogP contribution in [0.3, 0.4) is 0 Å². The fourth-order valence-corrected chi connectivity index (χ4v) is 5.08. The van der Waals surface area contributed by atoms with E-state index in [0.29, 0.717) is 34.3 Å². The van der Waals surface area contributed by atoms with E-state index in [9.17, 15) is 14.4 Å². The summed E-state index contributed by atoms with van der Waals surface area (Å²) in [6.07, 6.45) is 2.75. The second-order valence-electron chi connectivity index (χ2n) is 8.75. The van der Waals surface area contributed by atoms with Crippen LogP contribution in [0.25, 0.3) is 0 Å². The summed E-state index contributed by atoms with van der Waals surface area (Å²) >= 11 is 1.47. The number of hydrogen-bond donors (Lipinski definition) is 2. The van der Waals surface area contributed by atoms with E-state index in [2.05, 4.69) is 17.6 Å². The number of carbonyl (C=O) groups is 3. The number of ether oxygens (including phenoxy) is 2. The molecule has 0 radical (unpaired) electrons. The van der Waals surface area contributed by atoms with Gasteiger partial charge in [-0.05, 0) is 67.9 Å². The van der Waals surface area contributed by atoms with Crippen molar-refractivity contribution in [2.75, 3.05) is 30.4 Å². The highest BCUT2D eigenvalue weighted by atomic mass is 32.1. The summed E-state index contributed by atoms with van der Waals surface area (Å²) in [4.78, 5) is 38.4. The molecule has 0 fully saturated rings. The lowest BCUT2D eigenvalue weighted by molar-refractivity contribution is -0.114. The molecule has 1 unspecified atom stereocenters. The van der Waals surface area contributed by atoms with E-state index in [4.69, 9.17) is 9.47 Å². The van der Waals surface area contributed by atoms with Crippen LogP contribution < -0.4 is 10.6 Å². The Balaban J connectivity index is 1.62. The van der Waals surface area contributed by atoms with Gasteiger partial charge in [0.2, 0.25) is 5.91 Å². The first-order valence-corrected chi connectivity index (χ1v) is 12.2. The molecule has 3 rings (SSSR count). The van der Waals surface area contributed by atoms with Crippen molar-refractivity contribution in [3.63, 3.8) is 0 Å². The molecule has 0 saturated heterocycles. The van der Waals surface area contributed by atoms with Crippen molar-refractivity contribution < 1.29 is 23.9 Å². The number of fused-ring (bicyclic) bond motifs is 1. The minimum atomic E-state index is -0.382. The fourth-order valence-electron chi connectivity index (χ4n) is 3.66. The number of carbonyl (C=O) groups excluding carboxylic acids is 3. The van der Waals surface area contributed by atoms with Gasteiger partial charge < -0.3 is 20.1 Å². The molecule has 1 amide bonds. The quantitative estimate of drug-likeness (QED) is 0.504. The number of nitrogens with one attached hydrogen (secondary N) is 2. The van der Waals surface area contributed by atoms with Gasteiger partial charge in [0.15, 0.2) is 0 Å². The largest absolute Gasteiger partial charge is 0.462 e. The minimum absolute atomic E-state index is 0.0262. The van der Waals surface area contributed by atoms with Gasteiger partial charge in [-0.1, -0.05) is 20.8 Å². The first-order chi connectivity index (χ1) is 15.8. The maximum absolute atomic E-state index is 12.6. The van der Waals surface area contributed by atoms with Crippen molar-refractivity contribution in [2.45, 2.75) is 47.0 Å². The molecule has 8 heteroatoms. The van der Waals surface area contributed by atoms with Crippen LogP contribution in [0.5, 0.6) is 0 Å². The summed E-state index contributed by atoms with van der Waals surface area (Å²) in [6, 6.07) is 6.79. The zero-order valence-corrected chi connectivity index (χ0v) is 20.5. The lowest BCUT2D eigenvalue weighted by Gasteiger charge is -2.18. The average molecular weight is 473 g/mol. The third-order valence-corrected chi connectivity index (χ3v) is 6.54. The SMILES string of the molecule is CCOC(=O)c1c(NC(=O)CNc2ccc(C(=O)OCC(C)C)cc2)sc2c1CCC(C)C2. The topological polar surface area (TPSA) is 93.7 Å². The highest BCUT2D eigenvalue weighted by Gasteiger charge is 2.29. The molecule has 1 aliphatic carbocycles. The van der Waals surface area contributed by atoms with E-state index >= 15 is 0 Å². The van der Waals surface area contributed by atoms with Crippen LogP contribution >= 0.6 is 11.3 Å². The minimum Gasteiger partial charge on any atom is -0.462 e. The Morgan fingerprint density at radius 2 is 1.85 bits per heavy atom. The third kappa shape index (κ3) is 6.57. The summed E-state index contributed by atoms with van der Waals surface area (Å²) < 4.78 is 10.5. The van der Waals surface area contributed by atoms with Gasteiger partial charge in [0, 0.05) is 10.6 Å². The molecule has 1 heterocycles. The number of benzene rings is 1. The van der Waals surface area contributed by atoms with Gasteiger partial charge in [0.1, 0.15) is 5.00 Å². The Labute approximate surface area is 198 Å². The Bertz CT molecular complexity index is 997. The fraction of sp³-hybridized carbons (Fsp3) is 0.480. The zero-order valence-electron chi connectivity index (χ0n) is 19.7. The highest BCUT2D eigenvalue weighted by molar-refractivity contribution is 7.17. The summed E-state index contributed by atoms with van der Waals surface area (Å²) in [6.45, 7) is 8.62. The molecule has 0 bridgehead atoms. The van der Waals surface area contributed by atoms with Crippen LogP contribution in [0.4, 0.5) is 10.7 Å². The number of esters is 2. The molecular weight excluding hydrogens is 440 g/mol. The predicted molar refractivity (Wildman–Crippen MR) is 130 cm³/mol. The molecule has 1 aliphatic rings. The van der Waals surface area contributed by atoms with Gasteiger partial charge in [-0.15, -0.1) is 11.3 Å². The summed E-state index contributed by atoms with van der Waals surface area (Å²) in [5.41, 5.74) is 2.68. The molecule has 1 aromatic heterocycles. The molecule has 0 saturated carbocycles. The molecule has 33 heavy (non-hydrogen) atoms. The second-order valence-corrected chi connectivity index (χ2v) is 9.85. The molecule has 0 spiro atoms. The Morgan fingerprint density at radius 3 is 2.52 bits per heavy atom. The first-order valence-electron chi connectivity index (χ1n) is 11.4. The van der Waals surface area contributed by atoms with Crippen molar-refractivity contribution in [3.8, 4) is 0 Å². The Morgan fingerprint density at radius 1 is 1.12 bits per heavy atom. The number of amides is 1. The van der Waals surface area contributed by atoms with Crippen LogP contribution in [0.1, 0.15) is 65.3 Å². The second kappa shape index (κ2) is 11.3. The molecule has 2 aromatic rings. The molecular formula is C25H32N2O5S. The number of anilines is 2. The van der Waals surface area contributed by atoms with Crippen LogP contribution in [0.15, 0.2) is 24.3 Å². The van der Waals surface area contributed by atoms with Gasteiger partial charge in [-0.25, -0.2) is 9.59 Å². The zero-order chi connectivity index (χ0) is 24.0. The maximum atomic E-state index is 12.6. The van der Waals surface area contributed by atoms with E-state index < -0.39 is 0 Å². The first kappa shape index (κ1) is 24.8. The normalized spacial score (nSPS) is 15.0. The van der Waals surface area contributed by atoms with Crippen molar-refractivity contribution in [1.29, 1.82) is 0 Å². The van der Waals surface area contributed by atoms with Gasteiger partial charge in [0.25, 0.3) is 0 Å². The number of hydrogen-bond acceptors (Lipinski definition) is 7. The Hall–Kier alpha value is -2.87. The Kier molecular flexibility index (Phi) is 8.49. The van der Waals surface area contributed by atoms with Gasteiger partial charge >= 0.3 is 11.9 Å². The van der Waals surface area contributed by atoms with Gasteiger partial charge in [-0.2, -0.15) is 0 Å². The van der Waals surface area contributed by atoms with Crippen molar-refractivity contribution >= 4 is 39.9 Å². The average Bonchev–Trinajstić information content (AvgIpc) is 3.13. The lowest BCUT2D eigenvalue weighted by atomic mass is 9.88. The van der Waals surface area contributed by atoms with Crippen LogP contribution in [0.2, 0.25) is 0 Å². The highest BCUT2D eigenvalue weighted by Crippen LogP contribution is 2.40. The molecule has 178 valence electrons. The third-order valence-electron chi connectivity index (χ3n) is 5.37. The van der Waals surface area contributed by atoms with E-state index in [1.807, 2.05) is 13.8 Å². The number of rotatable bonds is 9. The van der Waals surface area contributed by atoms with Crippen LogP contribution in [0, 0.1) is 11.8 Å². The standard InChI is InChI=1S/C25H32N2O5S/c1-5-31-25(30)22-19-11-6-16(4)12-20(19)33-23(22)27-21(28)13-26-18-9-7-17(8-10-18)24(29)32-14-15(2)3/h7-10,15-16,26H,5-6,11-14H2,1-4H3,(H,27,28). The summed E-state index contributed by atoms with van der Waals surface area (Å²) in [7, 11) is 0. The monoisotopic (exact) mass is 472 g/mol. The van der Waals surface area contributed by atoms with Crippen LogP contribution in [-0.2, 0) is 27.1 Å². The number of thiophene rings is 1. The van der Waals surface area contributed by atoms with E-state index in [0.717, 1.165) is 29.7 Å². The van der Waals surface area contributed by atoms with E-state index in [1.165, 1.54) is 11.3 Å². The molecule has 7 nitrogen and oxygen atoms in total. The van der Waals surface area contributed by atoms with E-state index in [-0.39, 0.29) is 36.9 Å². The predicted octanol–water partition coefficient (Wildman–Crippen LogP) is 4.91. The van der Waals surface area contributed by atoms with Crippen molar-refractivity contribution in [1.82, 2.24) is 0 Å². The smallest absolute Gasteiger partial charge is 0.341 e. The maximum Gasteiger partial charge on any atom is 0.341 e. The molecule has 1 aromatic carbocycles. The molecule has 2 N–H and O–H groups in total. The summed E-state index contributed by atoms with van der Waals surface area (Å²) in [5, 5.41) is 6.50. The van der Waals surface area contributed by atoms with Gasteiger partial charge in [0.05, 0.1) is 30.9 Å². The molecule has 1 atom stereocenters. The molecule has 0 aliphatic heterocycles. The summed E-state index contributed by atoms with van der Waals surface area (Å²) in [5.74, 6) is -0.173. The van der Waals surface area contributed by atoms with E-state index in [1.54, 1.807) is 31.2 Å². The van der Waals surface area contributed by atoms with Gasteiger partial charge in [-0.3, -0.25) is 4.79 Å². The van der Waals surface area contributed by atoms with Crippen molar-refractivity contribution in [2.24, 2.45) is 11.8 Å².